The minimum Gasteiger partial charge on any atom is -0.489 e. The van der Waals surface area contributed by atoms with Crippen LogP contribution in [0.3, 0.4) is 0 Å². The molecule has 0 saturated heterocycles. The highest BCUT2D eigenvalue weighted by Crippen LogP contribution is 2.62. The molecule has 6 atom stereocenters. The standard InChI is InChI=1S/C49H60F2N2O7/c1-5-26-58-49-44(53(47(56)33-18-19-33)30-32-16-20-36(50)21-17-32)29-42(52-60-48(2,3)4)39-27-34(12-8-10-24-54)38(14-9-11-25-55)45(46(39)49)40-28-37(22-23-43(40)59-49)57-31-35-13-6-7-15-41(35)51/h5-7,13,15-17,20-23,27-28,33-34,38,44-46,54-55H,1,8-12,14,18-19,24-26,29-31H2,2-4H3. The molecular formula is C49H60F2N2O7. The summed E-state index contributed by atoms with van der Waals surface area (Å²) in [5.41, 5.74) is 3.14. The molecule has 7 rings (SSSR count). The molecule has 2 saturated carbocycles. The molecule has 6 unspecified atom stereocenters. The molecule has 1 amide bonds. The molecule has 3 aromatic carbocycles. The third kappa shape index (κ3) is 9.64. The summed E-state index contributed by atoms with van der Waals surface area (Å²) in [6.45, 7) is 10.4. The number of oxime groups is 1. The predicted octanol–water partition coefficient (Wildman–Crippen LogP) is 9.41. The first-order chi connectivity index (χ1) is 29.0. The summed E-state index contributed by atoms with van der Waals surface area (Å²) in [6.07, 6.45) is 10.3. The lowest BCUT2D eigenvalue weighted by molar-refractivity contribution is -0.258. The van der Waals surface area contributed by atoms with E-state index in [0.717, 1.165) is 55.2 Å². The maximum absolute atomic E-state index is 14.7. The van der Waals surface area contributed by atoms with Gasteiger partial charge in [0.1, 0.15) is 41.4 Å². The molecule has 2 N–H and O–H groups in total. The van der Waals surface area contributed by atoms with Crippen LogP contribution in [0.1, 0.15) is 101 Å². The number of unbranched alkanes of at least 4 members (excludes halogenated alkanes) is 2. The van der Waals surface area contributed by atoms with Crippen molar-refractivity contribution >= 4 is 11.6 Å². The predicted molar refractivity (Wildman–Crippen MR) is 226 cm³/mol. The summed E-state index contributed by atoms with van der Waals surface area (Å²) in [4.78, 5) is 22.8. The van der Waals surface area contributed by atoms with Gasteiger partial charge >= 0.3 is 0 Å². The maximum atomic E-state index is 14.7. The average Bonchev–Trinajstić information content (AvgIpc) is 4.09. The zero-order valence-electron chi connectivity index (χ0n) is 35.2. The third-order valence-electron chi connectivity index (χ3n) is 12.3. The lowest BCUT2D eigenvalue weighted by Crippen LogP contribution is -2.70. The molecule has 3 aliphatic carbocycles. The molecule has 3 aromatic rings. The Bertz CT molecular complexity index is 2030. The summed E-state index contributed by atoms with van der Waals surface area (Å²) in [6, 6.07) is 17.8. The van der Waals surface area contributed by atoms with Crippen LogP contribution >= 0.6 is 0 Å². The average molecular weight is 827 g/mol. The first-order valence-electron chi connectivity index (χ1n) is 21.6. The van der Waals surface area contributed by atoms with Gasteiger partial charge < -0.3 is 34.2 Å². The van der Waals surface area contributed by atoms with Crippen molar-refractivity contribution in [3.8, 4) is 11.5 Å². The summed E-state index contributed by atoms with van der Waals surface area (Å²) >= 11 is 0. The van der Waals surface area contributed by atoms with Gasteiger partial charge in [-0.2, -0.15) is 0 Å². The minimum atomic E-state index is -1.43. The quantitative estimate of drug-likeness (QED) is 0.0705. The van der Waals surface area contributed by atoms with Crippen molar-refractivity contribution in [3.63, 3.8) is 0 Å². The van der Waals surface area contributed by atoms with Crippen LogP contribution in [0.4, 0.5) is 8.78 Å². The highest BCUT2D eigenvalue weighted by Gasteiger charge is 2.66. The third-order valence-corrected chi connectivity index (χ3v) is 12.3. The van der Waals surface area contributed by atoms with E-state index in [1.165, 1.54) is 18.2 Å². The Kier molecular flexibility index (Phi) is 13.8. The van der Waals surface area contributed by atoms with E-state index in [1.54, 1.807) is 36.4 Å². The Hall–Kier alpha value is -4.58. The largest absolute Gasteiger partial charge is 0.489 e. The van der Waals surface area contributed by atoms with Gasteiger partial charge in [0.2, 0.25) is 11.7 Å². The lowest BCUT2D eigenvalue weighted by Gasteiger charge is -2.60. The smallest absolute Gasteiger partial charge is 0.239 e. The fourth-order valence-corrected chi connectivity index (χ4v) is 9.40. The van der Waals surface area contributed by atoms with Crippen LogP contribution in [0.15, 0.2) is 96.2 Å². The van der Waals surface area contributed by atoms with Crippen LogP contribution in [0.2, 0.25) is 0 Å². The van der Waals surface area contributed by atoms with E-state index in [-0.39, 0.29) is 80.6 Å². The topological polar surface area (TPSA) is 110 Å². The monoisotopic (exact) mass is 826 g/mol. The van der Waals surface area contributed by atoms with Crippen LogP contribution in [0, 0.1) is 35.3 Å². The molecular weight excluding hydrogens is 767 g/mol. The number of fused-ring (bicyclic) bond motifs is 2. The number of aliphatic hydroxyl groups is 2. The molecule has 1 heterocycles. The number of carbonyl (C=O) groups is 1. The molecule has 0 spiro atoms. The molecule has 0 bridgehead atoms. The van der Waals surface area contributed by atoms with Gasteiger partial charge in [0.25, 0.3) is 0 Å². The van der Waals surface area contributed by atoms with Crippen LogP contribution in [0.5, 0.6) is 11.5 Å². The van der Waals surface area contributed by atoms with Crippen LogP contribution < -0.4 is 9.47 Å². The normalized spacial score (nSPS) is 25.1. The Labute approximate surface area is 353 Å². The molecule has 1 aliphatic heterocycles. The fraction of sp³-hybridized carbons (Fsp3) is 0.510. The molecule has 2 fully saturated rings. The number of aliphatic hydroxyl groups excluding tert-OH is 2. The number of ether oxygens (including phenoxy) is 3. The number of carbonyl (C=O) groups excluding carboxylic acids is 1. The summed E-state index contributed by atoms with van der Waals surface area (Å²) in [5, 5.41) is 24.8. The van der Waals surface area contributed by atoms with E-state index in [0.29, 0.717) is 35.6 Å². The molecule has 0 radical (unpaired) electrons. The van der Waals surface area contributed by atoms with E-state index >= 15 is 0 Å². The Morgan fingerprint density at radius 1 is 1.00 bits per heavy atom. The van der Waals surface area contributed by atoms with Gasteiger partial charge in [-0.1, -0.05) is 60.5 Å². The zero-order valence-corrected chi connectivity index (χ0v) is 35.2. The molecule has 60 heavy (non-hydrogen) atoms. The van der Waals surface area contributed by atoms with Crippen molar-refractivity contribution < 1.29 is 42.8 Å². The SMILES string of the molecule is C=CCOC12Oc3ccc(OCc4ccccc4F)cc3C3C(CCCCO)C(CCCCO)C=C(C(=NOC(C)(C)C)CC1N(Cc1ccc(F)cc1)C(=O)C1CC1)C32. The van der Waals surface area contributed by atoms with Gasteiger partial charge in [-0.25, -0.2) is 8.78 Å². The number of hydrogen-bond donors (Lipinski definition) is 2. The van der Waals surface area contributed by atoms with Crippen LogP contribution in [0.25, 0.3) is 0 Å². The number of nitrogens with zero attached hydrogens (tertiary/aromatic N) is 2. The number of allylic oxidation sites excluding steroid dienone is 1. The second kappa shape index (κ2) is 19.0. The first kappa shape index (κ1) is 43.5. The molecule has 4 aliphatic rings. The van der Waals surface area contributed by atoms with Gasteiger partial charge in [-0.05, 0) is 119 Å². The Balaban J connectivity index is 1.44. The minimum absolute atomic E-state index is 0.0190. The summed E-state index contributed by atoms with van der Waals surface area (Å²) in [7, 11) is 0. The highest BCUT2D eigenvalue weighted by atomic mass is 19.1. The Morgan fingerprint density at radius 3 is 2.42 bits per heavy atom. The number of halogens is 2. The molecule has 11 heteroatoms. The maximum Gasteiger partial charge on any atom is 0.239 e. The van der Waals surface area contributed by atoms with Crippen LogP contribution in [-0.2, 0) is 27.5 Å². The van der Waals surface area contributed by atoms with Crippen molar-refractivity contribution in [2.45, 2.75) is 115 Å². The molecule has 322 valence electrons. The van der Waals surface area contributed by atoms with E-state index < -0.39 is 23.3 Å². The fourth-order valence-electron chi connectivity index (χ4n) is 9.40. The van der Waals surface area contributed by atoms with E-state index in [2.05, 4.69) is 12.7 Å². The molecule has 0 aromatic heterocycles. The second-order valence-corrected chi connectivity index (χ2v) is 17.7. The van der Waals surface area contributed by atoms with E-state index in [1.807, 2.05) is 43.9 Å². The van der Waals surface area contributed by atoms with Crippen molar-refractivity contribution in [1.82, 2.24) is 4.90 Å². The van der Waals surface area contributed by atoms with Gasteiger partial charge in [0.05, 0.1) is 18.2 Å². The van der Waals surface area contributed by atoms with Crippen molar-refractivity contribution in [2.24, 2.45) is 28.8 Å². The zero-order chi connectivity index (χ0) is 42.4. The van der Waals surface area contributed by atoms with Gasteiger partial charge in [0, 0.05) is 49.1 Å². The number of rotatable bonds is 19. The highest BCUT2D eigenvalue weighted by molar-refractivity contribution is 6.03. The van der Waals surface area contributed by atoms with Crippen molar-refractivity contribution in [3.05, 3.63) is 119 Å². The first-order valence-corrected chi connectivity index (χ1v) is 21.6. The number of benzene rings is 3. The number of hydrogen-bond acceptors (Lipinski definition) is 8. The van der Waals surface area contributed by atoms with E-state index in [9.17, 15) is 23.8 Å². The van der Waals surface area contributed by atoms with E-state index in [4.69, 9.17) is 24.2 Å². The number of amides is 1. The van der Waals surface area contributed by atoms with Crippen molar-refractivity contribution in [1.29, 1.82) is 0 Å². The summed E-state index contributed by atoms with van der Waals surface area (Å²) < 4.78 is 49.7. The van der Waals surface area contributed by atoms with Crippen LogP contribution in [-0.4, -0.2) is 64.0 Å². The second-order valence-electron chi connectivity index (χ2n) is 17.7. The van der Waals surface area contributed by atoms with Gasteiger partial charge in [0.15, 0.2) is 0 Å². The lowest BCUT2D eigenvalue weighted by atomic mass is 9.55. The van der Waals surface area contributed by atoms with Gasteiger partial charge in [-0.3, -0.25) is 4.79 Å². The van der Waals surface area contributed by atoms with Gasteiger partial charge in [-0.15, -0.1) is 6.58 Å². The van der Waals surface area contributed by atoms with Crippen molar-refractivity contribution in [2.75, 3.05) is 19.8 Å². The molecule has 9 nitrogen and oxygen atoms in total. The Morgan fingerprint density at radius 2 is 1.73 bits per heavy atom. The summed E-state index contributed by atoms with van der Waals surface area (Å²) in [5.74, 6) is -1.82.